The van der Waals surface area contributed by atoms with Gasteiger partial charge in [-0.1, -0.05) is 5.16 Å². The number of nitrogens with zero attached hydrogens (tertiary/aromatic N) is 3. The molecular formula is C15H26N4O2. The molecule has 1 saturated heterocycles. The van der Waals surface area contributed by atoms with E-state index in [0.29, 0.717) is 19.1 Å². The zero-order chi connectivity index (χ0) is 15.4. The van der Waals surface area contributed by atoms with Crippen LogP contribution in [-0.4, -0.2) is 53.7 Å². The summed E-state index contributed by atoms with van der Waals surface area (Å²) in [6.07, 6.45) is 2.54. The van der Waals surface area contributed by atoms with Gasteiger partial charge >= 0.3 is 6.03 Å². The number of carbonyl (C=O) groups excluding carboxylic acids is 1. The van der Waals surface area contributed by atoms with Crippen LogP contribution in [0.3, 0.4) is 0 Å². The van der Waals surface area contributed by atoms with E-state index in [1.807, 2.05) is 13.8 Å². The lowest BCUT2D eigenvalue weighted by Crippen LogP contribution is -2.44. The van der Waals surface area contributed by atoms with E-state index in [0.717, 1.165) is 30.1 Å². The molecule has 1 N–H and O–H groups in total. The van der Waals surface area contributed by atoms with Crippen molar-refractivity contribution in [1.82, 2.24) is 20.3 Å². The summed E-state index contributed by atoms with van der Waals surface area (Å²) in [6.45, 7) is 9.43. The summed E-state index contributed by atoms with van der Waals surface area (Å²) < 4.78 is 5.13. The average Bonchev–Trinajstić information content (AvgIpc) is 3.09. The molecule has 0 saturated carbocycles. The number of amides is 2. The zero-order valence-electron chi connectivity index (χ0n) is 13.5. The van der Waals surface area contributed by atoms with Crippen molar-refractivity contribution in [2.24, 2.45) is 0 Å². The lowest BCUT2D eigenvalue weighted by molar-refractivity contribution is 0.197. The van der Waals surface area contributed by atoms with Crippen LogP contribution in [0.2, 0.25) is 0 Å². The summed E-state index contributed by atoms with van der Waals surface area (Å²) in [5.74, 6) is 0.776. The van der Waals surface area contributed by atoms with Crippen LogP contribution in [0.15, 0.2) is 4.52 Å². The number of hydrogen-bond acceptors (Lipinski definition) is 4. The summed E-state index contributed by atoms with van der Waals surface area (Å²) >= 11 is 0. The molecule has 0 spiro atoms. The minimum Gasteiger partial charge on any atom is -0.361 e. The van der Waals surface area contributed by atoms with E-state index in [4.69, 9.17) is 4.52 Å². The van der Waals surface area contributed by atoms with Crippen LogP contribution in [0, 0.1) is 13.8 Å². The Balaban J connectivity index is 1.79. The molecule has 0 aliphatic carbocycles. The second-order valence-corrected chi connectivity index (χ2v) is 5.94. The van der Waals surface area contributed by atoms with Gasteiger partial charge in [0.2, 0.25) is 0 Å². The Morgan fingerprint density at radius 3 is 2.67 bits per heavy atom. The van der Waals surface area contributed by atoms with Gasteiger partial charge in [0.1, 0.15) is 5.76 Å². The molecule has 2 heterocycles. The van der Waals surface area contributed by atoms with Crippen molar-refractivity contribution in [3.8, 4) is 0 Å². The molecular weight excluding hydrogens is 268 g/mol. The van der Waals surface area contributed by atoms with E-state index >= 15 is 0 Å². The number of carbonyl (C=O) groups is 1. The molecule has 0 aromatic carbocycles. The van der Waals surface area contributed by atoms with Gasteiger partial charge in [0.25, 0.3) is 0 Å². The lowest BCUT2D eigenvalue weighted by Gasteiger charge is -2.25. The minimum atomic E-state index is -0.0546. The summed E-state index contributed by atoms with van der Waals surface area (Å²) in [6, 6.07) is 0.338. The third-order valence-electron chi connectivity index (χ3n) is 4.24. The normalized spacial score (nSPS) is 17.0. The number of nitrogens with one attached hydrogen (secondary N) is 1. The first-order valence-corrected chi connectivity index (χ1v) is 7.63. The van der Waals surface area contributed by atoms with Crippen molar-refractivity contribution in [2.45, 2.75) is 46.2 Å². The van der Waals surface area contributed by atoms with Gasteiger partial charge in [0.05, 0.1) is 12.2 Å². The predicted octanol–water partition coefficient (Wildman–Crippen LogP) is 1.92. The summed E-state index contributed by atoms with van der Waals surface area (Å²) in [5.41, 5.74) is 1.83. The molecule has 1 fully saturated rings. The molecule has 1 aromatic heterocycles. The van der Waals surface area contributed by atoms with Gasteiger partial charge in [-0.25, -0.2) is 4.79 Å². The fourth-order valence-corrected chi connectivity index (χ4v) is 2.72. The Kier molecular flexibility index (Phi) is 5.22. The van der Waals surface area contributed by atoms with Crippen molar-refractivity contribution < 1.29 is 9.32 Å². The van der Waals surface area contributed by atoms with Crippen LogP contribution in [0.1, 0.15) is 36.8 Å². The number of aryl methyl sites for hydroxylation is 2. The average molecular weight is 294 g/mol. The second-order valence-electron chi connectivity index (χ2n) is 5.94. The van der Waals surface area contributed by atoms with E-state index in [1.165, 1.54) is 12.8 Å². The first-order chi connectivity index (χ1) is 9.99. The third kappa shape index (κ3) is 3.97. The summed E-state index contributed by atoms with van der Waals surface area (Å²) in [7, 11) is 1.79. The Morgan fingerprint density at radius 1 is 1.43 bits per heavy atom. The Labute approximate surface area is 126 Å². The molecule has 1 atom stereocenters. The standard InChI is InChI=1S/C15H26N4O2/c1-11(19-7-5-6-8-19)9-16-15(20)18(4)10-14-12(2)17-21-13(14)3/h11H,5-10H2,1-4H3,(H,16,20)/t11-/m0/s1. The van der Waals surface area contributed by atoms with Gasteiger partial charge < -0.3 is 14.7 Å². The van der Waals surface area contributed by atoms with Gasteiger partial charge in [0.15, 0.2) is 0 Å². The Morgan fingerprint density at radius 2 is 2.10 bits per heavy atom. The van der Waals surface area contributed by atoms with Crippen LogP contribution < -0.4 is 5.32 Å². The molecule has 2 amide bonds. The number of rotatable bonds is 5. The van der Waals surface area contributed by atoms with E-state index in [9.17, 15) is 4.79 Å². The Bertz CT molecular complexity index is 461. The van der Waals surface area contributed by atoms with E-state index < -0.39 is 0 Å². The maximum absolute atomic E-state index is 12.2. The molecule has 6 heteroatoms. The van der Waals surface area contributed by atoms with Crippen molar-refractivity contribution in [2.75, 3.05) is 26.7 Å². The molecule has 0 radical (unpaired) electrons. The molecule has 1 aliphatic heterocycles. The number of hydrogen-bond donors (Lipinski definition) is 1. The van der Waals surface area contributed by atoms with Gasteiger partial charge in [-0.3, -0.25) is 4.90 Å². The van der Waals surface area contributed by atoms with E-state index in [2.05, 4.69) is 22.3 Å². The highest BCUT2D eigenvalue weighted by Gasteiger charge is 2.20. The van der Waals surface area contributed by atoms with Gasteiger partial charge in [-0.15, -0.1) is 0 Å². The second kappa shape index (κ2) is 6.93. The topological polar surface area (TPSA) is 61.6 Å². The monoisotopic (exact) mass is 294 g/mol. The van der Waals surface area contributed by atoms with Crippen molar-refractivity contribution in [3.05, 3.63) is 17.0 Å². The number of likely N-dealkylation sites (tertiary alicyclic amines) is 1. The fourth-order valence-electron chi connectivity index (χ4n) is 2.72. The van der Waals surface area contributed by atoms with Crippen LogP contribution >= 0.6 is 0 Å². The molecule has 1 aliphatic rings. The first kappa shape index (κ1) is 15.8. The van der Waals surface area contributed by atoms with Gasteiger partial charge in [-0.05, 0) is 46.7 Å². The maximum Gasteiger partial charge on any atom is 0.317 e. The largest absolute Gasteiger partial charge is 0.361 e. The fraction of sp³-hybridized carbons (Fsp3) is 0.733. The Hall–Kier alpha value is -1.56. The highest BCUT2D eigenvalue weighted by Crippen LogP contribution is 2.14. The number of urea groups is 1. The summed E-state index contributed by atoms with van der Waals surface area (Å²) in [5, 5.41) is 6.92. The van der Waals surface area contributed by atoms with Crippen molar-refractivity contribution in [1.29, 1.82) is 0 Å². The molecule has 118 valence electrons. The van der Waals surface area contributed by atoms with Crippen LogP contribution in [0.5, 0.6) is 0 Å². The van der Waals surface area contributed by atoms with Gasteiger partial charge in [-0.2, -0.15) is 0 Å². The highest BCUT2D eigenvalue weighted by atomic mass is 16.5. The zero-order valence-corrected chi connectivity index (χ0v) is 13.5. The minimum absolute atomic E-state index is 0.0546. The predicted molar refractivity (Wildman–Crippen MR) is 81.1 cm³/mol. The van der Waals surface area contributed by atoms with E-state index in [1.54, 1.807) is 11.9 Å². The molecule has 0 unspecified atom stereocenters. The highest BCUT2D eigenvalue weighted by molar-refractivity contribution is 5.73. The smallest absolute Gasteiger partial charge is 0.317 e. The summed E-state index contributed by atoms with van der Waals surface area (Å²) in [4.78, 5) is 16.3. The van der Waals surface area contributed by atoms with Crippen LogP contribution in [0.4, 0.5) is 4.79 Å². The molecule has 1 aromatic rings. The van der Waals surface area contributed by atoms with Crippen LogP contribution in [-0.2, 0) is 6.54 Å². The van der Waals surface area contributed by atoms with Crippen molar-refractivity contribution in [3.63, 3.8) is 0 Å². The first-order valence-electron chi connectivity index (χ1n) is 7.63. The molecule has 21 heavy (non-hydrogen) atoms. The SMILES string of the molecule is Cc1noc(C)c1CN(C)C(=O)NC[C@H](C)N1CCCC1. The molecule has 0 bridgehead atoms. The van der Waals surface area contributed by atoms with Crippen molar-refractivity contribution >= 4 is 6.03 Å². The quantitative estimate of drug-likeness (QED) is 0.901. The molecule has 6 nitrogen and oxygen atoms in total. The van der Waals surface area contributed by atoms with Gasteiger partial charge in [0, 0.05) is 25.2 Å². The maximum atomic E-state index is 12.2. The van der Waals surface area contributed by atoms with Crippen LogP contribution in [0.25, 0.3) is 0 Å². The molecule has 2 rings (SSSR count). The third-order valence-corrected chi connectivity index (χ3v) is 4.24. The lowest BCUT2D eigenvalue weighted by atomic mass is 10.2. The number of aromatic nitrogens is 1. The van der Waals surface area contributed by atoms with E-state index in [-0.39, 0.29) is 6.03 Å².